The van der Waals surface area contributed by atoms with Gasteiger partial charge in [-0.2, -0.15) is 18.3 Å². The van der Waals surface area contributed by atoms with E-state index >= 15 is 0 Å². The van der Waals surface area contributed by atoms with E-state index in [1.807, 2.05) is 4.90 Å². The van der Waals surface area contributed by atoms with Gasteiger partial charge in [0, 0.05) is 24.7 Å². The molecular weight excluding hydrogens is 565 g/mol. The van der Waals surface area contributed by atoms with Crippen LogP contribution in [0.5, 0.6) is 17.2 Å². The van der Waals surface area contributed by atoms with Crippen molar-refractivity contribution in [2.75, 3.05) is 18.0 Å². The van der Waals surface area contributed by atoms with Crippen LogP contribution in [0.2, 0.25) is 0 Å². The predicted octanol–water partition coefficient (Wildman–Crippen LogP) is 6.36. The second kappa shape index (κ2) is 8.74. The van der Waals surface area contributed by atoms with E-state index < -0.39 is 35.7 Å². The first-order valence-electron chi connectivity index (χ1n) is 13.6. The summed E-state index contributed by atoms with van der Waals surface area (Å²) in [5.74, 6) is -0.320. The van der Waals surface area contributed by atoms with Crippen LogP contribution >= 0.6 is 0 Å². The molecule has 3 aliphatic carbocycles. The lowest BCUT2D eigenvalue weighted by molar-refractivity contribution is -0.286. The fourth-order valence-electron chi connectivity index (χ4n) is 7.09. The zero-order valence-corrected chi connectivity index (χ0v) is 22.4. The Kier molecular flexibility index (Phi) is 5.59. The van der Waals surface area contributed by atoms with E-state index in [9.17, 15) is 31.9 Å². The third-order valence-electron chi connectivity index (χ3n) is 8.77. The van der Waals surface area contributed by atoms with E-state index in [1.165, 1.54) is 16.8 Å². The van der Waals surface area contributed by atoms with Crippen molar-refractivity contribution in [2.45, 2.75) is 57.6 Å². The molecule has 42 heavy (non-hydrogen) atoms. The van der Waals surface area contributed by atoms with Gasteiger partial charge in [-0.25, -0.2) is 4.68 Å². The maximum Gasteiger partial charge on any atom is 0.586 e. The molecule has 3 heterocycles. The molecule has 8 nitrogen and oxygen atoms in total. The summed E-state index contributed by atoms with van der Waals surface area (Å²) in [4.78, 5) is 13.5. The molecule has 2 bridgehead atoms. The number of carboxylic acids is 1. The molecule has 0 saturated heterocycles. The summed E-state index contributed by atoms with van der Waals surface area (Å²) in [6.45, 7) is 2.71. The quantitative estimate of drug-likeness (QED) is 0.320. The van der Waals surface area contributed by atoms with E-state index in [4.69, 9.17) is 4.74 Å². The minimum Gasteiger partial charge on any atom is -0.486 e. The first-order chi connectivity index (χ1) is 19.8. The van der Waals surface area contributed by atoms with Gasteiger partial charge in [0.1, 0.15) is 17.7 Å². The molecule has 3 saturated carbocycles. The number of anilines is 1. The smallest absolute Gasteiger partial charge is 0.486 e. The fourth-order valence-corrected chi connectivity index (χ4v) is 7.09. The molecular formula is C29H26F5N3O5. The third-order valence-corrected chi connectivity index (χ3v) is 8.77. The van der Waals surface area contributed by atoms with Gasteiger partial charge in [0.2, 0.25) is 0 Å². The SMILES string of the molecule is C[C@H](Oc1cccc(-n2nc(C(F)(F)F)c3c2N(CC24CC(C(=O)O)(C2)C4)CCC3)c1)c1ccc2c(c1)OC(F)(F)O2. The summed E-state index contributed by atoms with van der Waals surface area (Å²) in [6.07, 6.45) is -6.68. The maximum atomic E-state index is 14.1. The van der Waals surface area contributed by atoms with Crippen LogP contribution in [0.25, 0.3) is 5.69 Å². The Bertz CT molecular complexity index is 1580. The molecule has 1 N–H and O–H groups in total. The van der Waals surface area contributed by atoms with Crippen molar-refractivity contribution in [3.63, 3.8) is 0 Å². The number of fused-ring (bicyclic) bond motifs is 2. The van der Waals surface area contributed by atoms with Gasteiger partial charge in [-0.05, 0) is 74.3 Å². The monoisotopic (exact) mass is 591 g/mol. The van der Waals surface area contributed by atoms with Gasteiger partial charge in [0.05, 0.1) is 11.1 Å². The molecule has 8 rings (SSSR count). The molecule has 222 valence electrons. The van der Waals surface area contributed by atoms with Gasteiger partial charge in [-0.3, -0.25) is 4.79 Å². The minimum absolute atomic E-state index is 0.0941. The van der Waals surface area contributed by atoms with E-state index in [-0.39, 0.29) is 28.9 Å². The summed E-state index contributed by atoms with van der Waals surface area (Å²) in [6, 6.07) is 10.8. The molecule has 3 aromatic rings. The van der Waals surface area contributed by atoms with E-state index in [0.29, 0.717) is 61.6 Å². The molecule has 13 heteroatoms. The zero-order valence-electron chi connectivity index (χ0n) is 22.4. The Morgan fingerprint density at radius 2 is 1.86 bits per heavy atom. The number of nitrogens with zero attached hydrogens (tertiary/aromatic N) is 3. The number of aromatic nitrogens is 2. The Balaban J connectivity index is 1.18. The number of hydrogen-bond acceptors (Lipinski definition) is 6. The van der Waals surface area contributed by atoms with Gasteiger partial charge < -0.3 is 24.2 Å². The molecule has 0 radical (unpaired) electrons. The number of alkyl halides is 5. The lowest BCUT2D eigenvalue weighted by Crippen LogP contribution is -2.69. The van der Waals surface area contributed by atoms with E-state index in [2.05, 4.69) is 14.6 Å². The van der Waals surface area contributed by atoms with Crippen molar-refractivity contribution in [1.82, 2.24) is 9.78 Å². The molecule has 0 amide bonds. The standard InChI is InChI=1S/C29H26F5N3O5/c1-16(17-7-8-21-22(10-17)42-29(33,34)41-21)40-19-5-2-4-18(11-19)37-24-20(23(35-37)28(30,31)32)6-3-9-36(24)15-26-12-27(13-26,14-26)25(38)39/h2,4-5,7-8,10-11,16H,3,6,9,12-15H2,1H3,(H,38,39)/t16-,26?,27?/m0/s1. The van der Waals surface area contributed by atoms with Gasteiger partial charge >= 0.3 is 18.4 Å². The Morgan fingerprint density at radius 1 is 1.12 bits per heavy atom. The second-order valence-electron chi connectivity index (χ2n) is 11.8. The van der Waals surface area contributed by atoms with E-state index in [1.54, 1.807) is 37.3 Å². The average molecular weight is 592 g/mol. The molecule has 2 aliphatic heterocycles. The van der Waals surface area contributed by atoms with Crippen molar-refractivity contribution >= 4 is 11.8 Å². The van der Waals surface area contributed by atoms with Crippen molar-refractivity contribution in [3.8, 4) is 22.9 Å². The average Bonchev–Trinajstić information content (AvgIpc) is 3.41. The molecule has 1 atom stereocenters. The largest absolute Gasteiger partial charge is 0.586 e. The number of carboxylic acid groups (broad SMARTS) is 1. The number of ether oxygens (including phenoxy) is 3. The van der Waals surface area contributed by atoms with Gasteiger partial charge in [0.15, 0.2) is 17.2 Å². The number of benzene rings is 2. The summed E-state index contributed by atoms with van der Waals surface area (Å²) in [7, 11) is 0. The molecule has 0 spiro atoms. The van der Waals surface area contributed by atoms with Crippen molar-refractivity contribution < 1.29 is 46.1 Å². The number of halogens is 5. The highest BCUT2D eigenvalue weighted by molar-refractivity contribution is 5.79. The van der Waals surface area contributed by atoms with Crippen molar-refractivity contribution in [2.24, 2.45) is 10.8 Å². The van der Waals surface area contributed by atoms with Gasteiger partial charge in [0.25, 0.3) is 0 Å². The van der Waals surface area contributed by atoms with Crippen LogP contribution in [0, 0.1) is 10.8 Å². The van der Waals surface area contributed by atoms with Crippen molar-refractivity contribution in [1.29, 1.82) is 0 Å². The Labute approximate surface area is 236 Å². The Morgan fingerprint density at radius 3 is 2.57 bits per heavy atom. The lowest BCUT2D eigenvalue weighted by Gasteiger charge is -2.69. The van der Waals surface area contributed by atoms with Crippen molar-refractivity contribution in [3.05, 3.63) is 59.3 Å². The van der Waals surface area contributed by atoms with Gasteiger partial charge in [-0.1, -0.05) is 12.1 Å². The van der Waals surface area contributed by atoms with Crippen LogP contribution in [0.3, 0.4) is 0 Å². The number of hydrogen-bond donors (Lipinski definition) is 1. The summed E-state index contributed by atoms with van der Waals surface area (Å²) in [5.41, 5.74) is -0.806. The highest BCUT2D eigenvalue weighted by atomic mass is 19.4. The third kappa shape index (κ3) is 4.23. The molecule has 3 fully saturated rings. The summed E-state index contributed by atoms with van der Waals surface area (Å²) < 4.78 is 85.5. The van der Waals surface area contributed by atoms with Crippen LogP contribution in [0.4, 0.5) is 27.8 Å². The number of carbonyl (C=O) groups is 1. The zero-order chi connectivity index (χ0) is 29.7. The van der Waals surface area contributed by atoms with Crippen LogP contribution in [-0.2, 0) is 17.4 Å². The summed E-state index contributed by atoms with van der Waals surface area (Å²) in [5, 5.41) is 13.6. The lowest BCUT2D eigenvalue weighted by atomic mass is 9.35. The highest BCUT2D eigenvalue weighted by Gasteiger charge is 2.72. The number of aliphatic carboxylic acids is 1. The van der Waals surface area contributed by atoms with Gasteiger partial charge in [-0.15, -0.1) is 8.78 Å². The summed E-state index contributed by atoms with van der Waals surface area (Å²) >= 11 is 0. The topological polar surface area (TPSA) is 86.1 Å². The molecule has 0 unspecified atom stereocenters. The molecule has 1 aromatic heterocycles. The van der Waals surface area contributed by atoms with Crippen LogP contribution in [0.15, 0.2) is 42.5 Å². The highest BCUT2D eigenvalue weighted by Crippen LogP contribution is 2.73. The molecule has 2 aromatic carbocycles. The van der Waals surface area contributed by atoms with Crippen LogP contribution < -0.4 is 19.1 Å². The first kappa shape index (κ1) is 26.8. The minimum atomic E-state index is -4.65. The van der Waals surface area contributed by atoms with Crippen LogP contribution in [-0.4, -0.2) is 40.2 Å². The fraction of sp³-hybridized carbons (Fsp3) is 0.448. The van der Waals surface area contributed by atoms with Crippen LogP contribution in [0.1, 0.15) is 55.5 Å². The van der Waals surface area contributed by atoms with E-state index in [0.717, 1.165) is 0 Å². The maximum absolute atomic E-state index is 14.1. The number of rotatable bonds is 7. The Hall–Kier alpha value is -4.03. The first-order valence-corrected chi connectivity index (χ1v) is 13.6. The second-order valence-corrected chi connectivity index (χ2v) is 11.8. The predicted molar refractivity (Wildman–Crippen MR) is 137 cm³/mol. The normalized spacial score (nSPS) is 25.7. The molecule has 5 aliphatic rings.